The number of aromatic nitrogens is 3. The smallest absolute Gasteiger partial charge is 0.151 e. The highest BCUT2D eigenvalue weighted by Gasteiger charge is 2.26. The molecule has 1 fully saturated rings. The lowest BCUT2D eigenvalue weighted by Gasteiger charge is -2.10. The van der Waals surface area contributed by atoms with Crippen LogP contribution in [-0.2, 0) is 4.74 Å². The number of fused-ring (bicyclic) bond motifs is 1. The Kier molecular flexibility index (Phi) is 2.07. The first-order valence-corrected chi connectivity index (χ1v) is 5.49. The van der Waals surface area contributed by atoms with E-state index in [1.165, 1.54) is 6.33 Å². The zero-order valence-corrected chi connectivity index (χ0v) is 9.13. The van der Waals surface area contributed by atoms with Crippen molar-refractivity contribution in [2.24, 2.45) is 0 Å². The van der Waals surface area contributed by atoms with Crippen LogP contribution in [0.3, 0.4) is 0 Å². The first-order chi connectivity index (χ1) is 7.75. The highest BCUT2D eigenvalue weighted by atomic mass is 16.5. The van der Waals surface area contributed by atoms with E-state index in [0.29, 0.717) is 11.9 Å². The summed E-state index contributed by atoms with van der Waals surface area (Å²) in [6.45, 7) is 2.10. The number of nitrogens with two attached hydrogens (primary N) is 1. The third-order valence-corrected chi connectivity index (χ3v) is 3.07. The van der Waals surface area contributed by atoms with Crippen LogP contribution in [0, 0.1) is 0 Å². The van der Waals surface area contributed by atoms with E-state index in [-0.39, 0.29) is 6.10 Å². The summed E-state index contributed by atoms with van der Waals surface area (Å²) in [7, 11) is 0. The molecule has 0 saturated carbocycles. The summed E-state index contributed by atoms with van der Waals surface area (Å²) < 4.78 is 7.66. The highest BCUT2D eigenvalue weighted by molar-refractivity contribution is 5.65. The van der Waals surface area contributed by atoms with Crippen molar-refractivity contribution in [2.45, 2.75) is 32.0 Å². The molecule has 5 nitrogen and oxygen atoms in total. The van der Waals surface area contributed by atoms with E-state index in [4.69, 9.17) is 10.5 Å². The number of hydrogen-bond acceptors (Lipinski definition) is 4. The third kappa shape index (κ3) is 1.36. The molecule has 3 rings (SSSR count). The molecule has 2 N–H and O–H groups in total. The first kappa shape index (κ1) is 9.59. The fourth-order valence-electron chi connectivity index (χ4n) is 2.24. The number of nitrogen functional groups attached to an aromatic ring is 1. The quantitative estimate of drug-likeness (QED) is 0.788. The van der Waals surface area contributed by atoms with Crippen molar-refractivity contribution in [3.63, 3.8) is 0 Å². The van der Waals surface area contributed by atoms with Gasteiger partial charge >= 0.3 is 0 Å². The van der Waals surface area contributed by atoms with Crippen LogP contribution in [0.5, 0.6) is 0 Å². The predicted octanol–water partition coefficient (Wildman–Crippen LogP) is 1.55. The fraction of sp³-hybridized carbons (Fsp3) is 0.455. The maximum atomic E-state index is 5.83. The second-order valence-corrected chi connectivity index (χ2v) is 4.21. The minimum Gasteiger partial charge on any atom is -0.382 e. The predicted molar refractivity (Wildman–Crippen MR) is 59.9 cm³/mol. The molecule has 0 aromatic carbocycles. The Morgan fingerprint density at radius 3 is 3.06 bits per heavy atom. The molecule has 16 heavy (non-hydrogen) atoms. The van der Waals surface area contributed by atoms with Gasteiger partial charge in [-0.1, -0.05) is 0 Å². The minimum atomic E-state index is 0.131. The molecular formula is C11H14N4O. The van der Waals surface area contributed by atoms with Crippen LogP contribution in [-0.4, -0.2) is 20.7 Å². The van der Waals surface area contributed by atoms with Crippen LogP contribution in [0.2, 0.25) is 0 Å². The second kappa shape index (κ2) is 3.45. The molecular weight excluding hydrogens is 204 g/mol. The summed E-state index contributed by atoms with van der Waals surface area (Å²) in [5.74, 6) is 0.507. The maximum absolute atomic E-state index is 5.83. The molecule has 1 aliphatic rings. The standard InChI is InChI=1S/C11H14N4O/c1-7-2-5-10(16-7)8-3-4-9-11(12)13-6-14-15(8)9/h3-4,6-7,10H,2,5H2,1H3,(H2,12,13,14)/t7-,10-/m1/s1. The van der Waals surface area contributed by atoms with Gasteiger partial charge in [0.1, 0.15) is 11.8 Å². The number of nitrogens with zero attached hydrogens (tertiary/aromatic N) is 3. The third-order valence-electron chi connectivity index (χ3n) is 3.07. The van der Waals surface area contributed by atoms with Crippen molar-refractivity contribution in [1.82, 2.24) is 14.6 Å². The van der Waals surface area contributed by atoms with Crippen LogP contribution < -0.4 is 5.73 Å². The normalized spacial score (nSPS) is 25.3. The summed E-state index contributed by atoms with van der Waals surface area (Å²) >= 11 is 0. The van der Waals surface area contributed by atoms with E-state index in [1.54, 1.807) is 0 Å². The Hall–Kier alpha value is -1.62. The molecule has 84 valence electrons. The zero-order valence-electron chi connectivity index (χ0n) is 9.13. The van der Waals surface area contributed by atoms with Crippen molar-refractivity contribution >= 4 is 11.3 Å². The largest absolute Gasteiger partial charge is 0.382 e. The van der Waals surface area contributed by atoms with Crippen LogP contribution in [0.1, 0.15) is 31.6 Å². The molecule has 2 atom stereocenters. The van der Waals surface area contributed by atoms with Crippen LogP contribution >= 0.6 is 0 Å². The molecule has 0 bridgehead atoms. The molecule has 5 heteroatoms. The van der Waals surface area contributed by atoms with Crippen LogP contribution in [0.15, 0.2) is 18.5 Å². The highest BCUT2D eigenvalue weighted by Crippen LogP contribution is 2.33. The van der Waals surface area contributed by atoms with Crippen molar-refractivity contribution in [3.05, 3.63) is 24.2 Å². The van der Waals surface area contributed by atoms with Gasteiger partial charge in [-0.3, -0.25) is 0 Å². The van der Waals surface area contributed by atoms with Crippen LogP contribution in [0.4, 0.5) is 5.82 Å². The van der Waals surface area contributed by atoms with E-state index in [0.717, 1.165) is 24.1 Å². The van der Waals surface area contributed by atoms with Gasteiger partial charge in [0.15, 0.2) is 5.82 Å². The number of hydrogen-bond donors (Lipinski definition) is 1. The van der Waals surface area contributed by atoms with Crippen molar-refractivity contribution in [2.75, 3.05) is 5.73 Å². The van der Waals surface area contributed by atoms with Gasteiger partial charge in [0, 0.05) is 0 Å². The SMILES string of the molecule is C[C@@H]1CC[C@H](c2ccc3c(N)ncnn23)O1. The average Bonchev–Trinajstić information content (AvgIpc) is 2.84. The molecule has 2 aromatic heterocycles. The van der Waals surface area contributed by atoms with Gasteiger partial charge in [-0.15, -0.1) is 0 Å². The zero-order chi connectivity index (χ0) is 11.1. The number of rotatable bonds is 1. The summed E-state index contributed by atoms with van der Waals surface area (Å²) in [6.07, 6.45) is 4.07. The van der Waals surface area contributed by atoms with E-state index < -0.39 is 0 Å². The Labute approximate surface area is 93.2 Å². The molecule has 1 aliphatic heterocycles. The first-order valence-electron chi connectivity index (χ1n) is 5.49. The summed E-state index contributed by atoms with van der Waals surface area (Å²) in [6, 6.07) is 3.96. The number of ether oxygens (including phenoxy) is 1. The number of anilines is 1. The Balaban J connectivity index is 2.08. The molecule has 1 saturated heterocycles. The lowest BCUT2D eigenvalue weighted by atomic mass is 10.1. The summed E-state index contributed by atoms with van der Waals surface area (Å²) in [5.41, 5.74) is 7.69. The Morgan fingerprint density at radius 1 is 1.44 bits per heavy atom. The molecule has 3 heterocycles. The molecule has 2 aromatic rings. The van der Waals surface area contributed by atoms with Crippen molar-refractivity contribution in [3.8, 4) is 0 Å². The Bertz CT molecular complexity index is 522. The Morgan fingerprint density at radius 2 is 2.31 bits per heavy atom. The van der Waals surface area contributed by atoms with E-state index in [9.17, 15) is 0 Å². The van der Waals surface area contributed by atoms with Gasteiger partial charge in [0.05, 0.1) is 17.9 Å². The van der Waals surface area contributed by atoms with E-state index in [1.807, 2.05) is 16.6 Å². The fourth-order valence-corrected chi connectivity index (χ4v) is 2.24. The monoisotopic (exact) mass is 218 g/mol. The molecule has 0 aliphatic carbocycles. The average molecular weight is 218 g/mol. The lowest BCUT2D eigenvalue weighted by molar-refractivity contribution is 0.0520. The second-order valence-electron chi connectivity index (χ2n) is 4.21. The van der Waals surface area contributed by atoms with Crippen molar-refractivity contribution in [1.29, 1.82) is 0 Å². The van der Waals surface area contributed by atoms with Gasteiger partial charge in [0.25, 0.3) is 0 Å². The van der Waals surface area contributed by atoms with Crippen LogP contribution in [0.25, 0.3) is 5.52 Å². The van der Waals surface area contributed by atoms with Gasteiger partial charge in [-0.2, -0.15) is 5.10 Å². The van der Waals surface area contributed by atoms with Gasteiger partial charge in [-0.25, -0.2) is 9.50 Å². The van der Waals surface area contributed by atoms with Gasteiger partial charge in [0.2, 0.25) is 0 Å². The lowest BCUT2D eigenvalue weighted by Crippen LogP contribution is -2.07. The molecule has 0 spiro atoms. The molecule has 0 amide bonds. The summed E-state index contributed by atoms with van der Waals surface area (Å²) in [5, 5.41) is 4.22. The van der Waals surface area contributed by atoms with Crippen molar-refractivity contribution < 1.29 is 4.74 Å². The van der Waals surface area contributed by atoms with E-state index >= 15 is 0 Å². The van der Waals surface area contributed by atoms with E-state index in [2.05, 4.69) is 17.0 Å². The molecule has 0 unspecified atom stereocenters. The van der Waals surface area contributed by atoms with Gasteiger partial charge < -0.3 is 10.5 Å². The minimum absolute atomic E-state index is 0.131. The summed E-state index contributed by atoms with van der Waals surface area (Å²) in [4.78, 5) is 3.97. The topological polar surface area (TPSA) is 65.4 Å². The van der Waals surface area contributed by atoms with Gasteiger partial charge in [-0.05, 0) is 31.9 Å². The maximum Gasteiger partial charge on any atom is 0.151 e. The molecule has 0 radical (unpaired) electrons.